The van der Waals surface area contributed by atoms with Crippen molar-refractivity contribution in [3.05, 3.63) is 53.1 Å². The summed E-state index contributed by atoms with van der Waals surface area (Å²) in [4.78, 5) is 15.0. The number of hydrogen-bond donors (Lipinski definition) is 1. The van der Waals surface area contributed by atoms with E-state index in [0.29, 0.717) is 11.5 Å². The van der Waals surface area contributed by atoms with E-state index in [1.165, 1.54) is 5.56 Å². The molecule has 2 aromatic rings. The number of anilines is 1. The van der Waals surface area contributed by atoms with Gasteiger partial charge in [-0.2, -0.15) is 0 Å². The van der Waals surface area contributed by atoms with Gasteiger partial charge >= 0.3 is 0 Å². The van der Waals surface area contributed by atoms with Crippen LogP contribution in [0.3, 0.4) is 0 Å². The second-order valence-corrected chi connectivity index (χ2v) is 7.20. The lowest BCUT2D eigenvalue weighted by atomic mass is 9.96. The number of rotatable bonds is 4. The second kappa shape index (κ2) is 7.56. The van der Waals surface area contributed by atoms with Gasteiger partial charge in [0.05, 0.1) is 5.92 Å². The zero-order valence-corrected chi connectivity index (χ0v) is 15.2. The molecule has 2 aromatic carbocycles. The van der Waals surface area contributed by atoms with E-state index in [1.54, 1.807) is 0 Å². The Bertz CT molecular complexity index is 811. The van der Waals surface area contributed by atoms with Crippen LogP contribution in [0, 0.1) is 5.92 Å². The Labute approximate surface area is 157 Å². The molecule has 5 nitrogen and oxygen atoms in total. The lowest BCUT2D eigenvalue weighted by Crippen LogP contribution is -2.40. The van der Waals surface area contributed by atoms with Crippen LogP contribution in [0.5, 0.6) is 11.5 Å². The highest BCUT2D eigenvalue weighted by Gasteiger charge is 2.26. The van der Waals surface area contributed by atoms with Crippen LogP contribution in [0.1, 0.15) is 18.4 Å². The van der Waals surface area contributed by atoms with Gasteiger partial charge in [0.25, 0.3) is 0 Å². The topological polar surface area (TPSA) is 50.8 Å². The van der Waals surface area contributed by atoms with Gasteiger partial charge in [0.2, 0.25) is 12.7 Å². The van der Waals surface area contributed by atoms with E-state index in [1.807, 2.05) is 36.4 Å². The van der Waals surface area contributed by atoms with Gasteiger partial charge in [0.1, 0.15) is 0 Å². The quantitative estimate of drug-likeness (QED) is 0.883. The molecule has 0 saturated carbocycles. The molecule has 2 heterocycles. The number of carbonyl (C=O) groups excluding carboxylic acids is 1. The Hall–Kier alpha value is -2.24. The normalized spacial score (nSPS) is 19.3. The molecule has 0 spiro atoms. The molecule has 1 amide bonds. The number of halogens is 1. The van der Waals surface area contributed by atoms with Gasteiger partial charge in [-0.15, -0.1) is 0 Å². The number of likely N-dealkylation sites (tertiary alicyclic amines) is 1. The third-order valence-corrected chi connectivity index (χ3v) is 5.05. The summed E-state index contributed by atoms with van der Waals surface area (Å²) in [6.07, 6.45) is 1.92. The first-order chi connectivity index (χ1) is 12.7. The van der Waals surface area contributed by atoms with Gasteiger partial charge in [0, 0.05) is 29.9 Å². The number of nitrogens with one attached hydrogen (secondary N) is 1. The highest BCUT2D eigenvalue weighted by molar-refractivity contribution is 6.30. The molecule has 1 saturated heterocycles. The van der Waals surface area contributed by atoms with Crippen molar-refractivity contribution in [1.82, 2.24) is 4.90 Å². The van der Waals surface area contributed by atoms with E-state index in [-0.39, 0.29) is 18.6 Å². The average Bonchev–Trinajstić information content (AvgIpc) is 3.10. The van der Waals surface area contributed by atoms with Crippen molar-refractivity contribution in [2.45, 2.75) is 19.4 Å². The lowest BCUT2D eigenvalue weighted by molar-refractivity contribution is -0.121. The molecule has 0 aromatic heterocycles. The molecule has 4 rings (SSSR count). The molecule has 1 N–H and O–H groups in total. The summed E-state index contributed by atoms with van der Waals surface area (Å²) >= 11 is 6.07. The first-order valence-electron chi connectivity index (χ1n) is 8.85. The molecule has 136 valence electrons. The number of carbonyl (C=O) groups is 1. The van der Waals surface area contributed by atoms with Crippen molar-refractivity contribution in [3.63, 3.8) is 0 Å². The number of hydrogen-bond acceptors (Lipinski definition) is 4. The number of piperidine rings is 1. The van der Waals surface area contributed by atoms with E-state index in [2.05, 4.69) is 16.3 Å². The molecule has 0 radical (unpaired) electrons. The number of ether oxygens (including phenoxy) is 2. The predicted molar refractivity (Wildman–Crippen MR) is 101 cm³/mol. The molecule has 2 aliphatic heterocycles. The zero-order valence-electron chi connectivity index (χ0n) is 14.4. The summed E-state index contributed by atoms with van der Waals surface area (Å²) in [5.74, 6) is 1.43. The van der Waals surface area contributed by atoms with Crippen LogP contribution in [0.4, 0.5) is 5.69 Å². The molecule has 0 aliphatic carbocycles. The highest BCUT2D eigenvalue weighted by atomic mass is 35.5. The maximum atomic E-state index is 12.7. The predicted octanol–water partition coefficient (Wildman–Crippen LogP) is 3.92. The molecule has 1 atom stereocenters. The first kappa shape index (κ1) is 17.2. The molecule has 2 aliphatic rings. The van der Waals surface area contributed by atoms with Crippen molar-refractivity contribution in [2.75, 3.05) is 25.2 Å². The van der Waals surface area contributed by atoms with Gasteiger partial charge in [-0.05, 0) is 49.2 Å². The summed E-state index contributed by atoms with van der Waals surface area (Å²) in [5, 5.41) is 3.76. The molecule has 1 unspecified atom stereocenters. The zero-order chi connectivity index (χ0) is 17.9. The first-order valence-corrected chi connectivity index (χ1v) is 9.22. The standard InChI is InChI=1S/C20H21ClN2O3/c21-16-5-1-3-14(9-16)11-23-8-2-4-15(12-23)20(24)22-17-6-7-18-19(10-17)26-13-25-18/h1,3,5-7,9-10,15H,2,4,8,11-13H2,(H,22,24). The molecular formula is C20H21ClN2O3. The Kier molecular flexibility index (Phi) is 5.00. The van der Waals surface area contributed by atoms with Gasteiger partial charge < -0.3 is 14.8 Å². The van der Waals surface area contributed by atoms with Crippen molar-refractivity contribution in [3.8, 4) is 11.5 Å². The largest absolute Gasteiger partial charge is 0.454 e. The summed E-state index contributed by atoms with van der Waals surface area (Å²) in [5.41, 5.74) is 1.92. The summed E-state index contributed by atoms with van der Waals surface area (Å²) in [7, 11) is 0. The van der Waals surface area contributed by atoms with E-state index in [4.69, 9.17) is 21.1 Å². The summed E-state index contributed by atoms with van der Waals surface area (Å²) < 4.78 is 10.7. The van der Waals surface area contributed by atoms with E-state index < -0.39 is 0 Å². The Balaban J connectivity index is 1.37. The lowest BCUT2D eigenvalue weighted by Gasteiger charge is -2.32. The van der Waals surface area contributed by atoms with Gasteiger partial charge in [-0.25, -0.2) is 0 Å². The Morgan fingerprint density at radius 3 is 2.96 bits per heavy atom. The van der Waals surface area contributed by atoms with Crippen molar-refractivity contribution in [1.29, 1.82) is 0 Å². The Morgan fingerprint density at radius 2 is 2.08 bits per heavy atom. The number of benzene rings is 2. The third kappa shape index (κ3) is 3.94. The van der Waals surface area contributed by atoms with Crippen LogP contribution in [-0.2, 0) is 11.3 Å². The summed E-state index contributed by atoms with van der Waals surface area (Å²) in [6, 6.07) is 13.4. The van der Waals surface area contributed by atoms with Crippen LogP contribution < -0.4 is 14.8 Å². The minimum absolute atomic E-state index is 0.0200. The molecule has 26 heavy (non-hydrogen) atoms. The van der Waals surface area contributed by atoms with Crippen molar-refractivity contribution < 1.29 is 14.3 Å². The molecule has 1 fully saturated rings. The second-order valence-electron chi connectivity index (χ2n) is 6.76. The fourth-order valence-electron chi connectivity index (χ4n) is 3.53. The van der Waals surface area contributed by atoms with E-state index in [0.717, 1.165) is 43.2 Å². The van der Waals surface area contributed by atoms with Crippen LogP contribution in [-0.4, -0.2) is 30.7 Å². The fraction of sp³-hybridized carbons (Fsp3) is 0.350. The minimum Gasteiger partial charge on any atom is -0.454 e. The van der Waals surface area contributed by atoms with Crippen molar-refractivity contribution >= 4 is 23.2 Å². The number of amides is 1. The summed E-state index contributed by atoms with van der Waals surface area (Å²) in [6.45, 7) is 2.80. The minimum atomic E-state index is -0.0200. The van der Waals surface area contributed by atoms with Gasteiger partial charge in [0.15, 0.2) is 11.5 Å². The highest BCUT2D eigenvalue weighted by Crippen LogP contribution is 2.34. The molecule has 0 bridgehead atoms. The average molecular weight is 373 g/mol. The van der Waals surface area contributed by atoms with Crippen LogP contribution in [0.25, 0.3) is 0 Å². The monoisotopic (exact) mass is 372 g/mol. The van der Waals surface area contributed by atoms with E-state index >= 15 is 0 Å². The van der Waals surface area contributed by atoms with Crippen LogP contribution in [0.2, 0.25) is 5.02 Å². The van der Waals surface area contributed by atoms with E-state index in [9.17, 15) is 4.79 Å². The maximum Gasteiger partial charge on any atom is 0.231 e. The van der Waals surface area contributed by atoms with Crippen LogP contribution >= 0.6 is 11.6 Å². The third-order valence-electron chi connectivity index (χ3n) is 4.81. The van der Waals surface area contributed by atoms with Crippen molar-refractivity contribution in [2.24, 2.45) is 5.92 Å². The number of fused-ring (bicyclic) bond motifs is 1. The van der Waals surface area contributed by atoms with Gasteiger partial charge in [-0.1, -0.05) is 23.7 Å². The maximum absolute atomic E-state index is 12.7. The smallest absolute Gasteiger partial charge is 0.231 e. The fourth-order valence-corrected chi connectivity index (χ4v) is 3.74. The number of nitrogens with zero attached hydrogens (tertiary/aromatic N) is 1. The Morgan fingerprint density at radius 1 is 1.19 bits per heavy atom. The van der Waals surface area contributed by atoms with Crippen LogP contribution in [0.15, 0.2) is 42.5 Å². The molecule has 6 heteroatoms. The van der Waals surface area contributed by atoms with Gasteiger partial charge in [-0.3, -0.25) is 9.69 Å². The molecular weight excluding hydrogens is 352 g/mol. The SMILES string of the molecule is O=C(Nc1ccc2c(c1)OCO2)C1CCCN(Cc2cccc(Cl)c2)C1.